The Balaban J connectivity index is 1.75. The Labute approximate surface area is 115 Å². The van der Waals surface area contributed by atoms with Gasteiger partial charge in [0, 0.05) is 18.7 Å². The molecule has 1 aromatic carbocycles. The number of hydrogen-bond donors (Lipinski definition) is 1. The third-order valence-corrected chi connectivity index (χ3v) is 3.52. The number of rotatable bonds is 3. The first-order valence-corrected chi connectivity index (χ1v) is 6.58. The summed E-state index contributed by atoms with van der Waals surface area (Å²) >= 11 is 6.09. The number of aliphatic hydroxyl groups is 1. The zero-order valence-electron chi connectivity index (χ0n) is 10.3. The predicted octanol–water partition coefficient (Wildman–Crippen LogP) is 1.96. The van der Waals surface area contributed by atoms with E-state index in [0.29, 0.717) is 29.8 Å². The van der Waals surface area contributed by atoms with Gasteiger partial charge in [-0.25, -0.2) is 0 Å². The van der Waals surface area contributed by atoms with Crippen molar-refractivity contribution in [3.8, 4) is 11.4 Å². The monoisotopic (exact) mass is 279 g/mol. The molecule has 1 atom stereocenters. The molecule has 1 aromatic heterocycles. The van der Waals surface area contributed by atoms with Crippen LogP contribution in [0.15, 0.2) is 28.8 Å². The maximum Gasteiger partial charge on any atom is 0.241 e. The lowest BCUT2D eigenvalue weighted by atomic mass is 10.2. The summed E-state index contributed by atoms with van der Waals surface area (Å²) in [6.45, 7) is 2.07. The molecular formula is C13H14ClN3O2. The Morgan fingerprint density at radius 3 is 3.00 bits per heavy atom. The van der Waals surface area contributed by atoms with E-state index in [-0.39, 0.29) is 6.10 Å². The van der Waals surface area contributed by atoms with Gasteiger partial charge in [0.05, 0.1) is 17.7 Å². The van der Waals surface area contributed by atoms with E-state index in [1.54, 1.807) is 6.07 Å². The summed E-state index contributed by atoms with van der Waals surface area (Å²) in [4.78, 5) is 6.44. The van der Waals surface area contributed by atoms with Crippen LogP contribution in [-0.4, -0.2) is 39.3 Å². The van der Waals surface area contributed by atoms with Crippen LogP contribution in [0.4, 0.5) is 0 Å². The van der Waals surface area contributed by atoms with E-state index >= 15 is 0 Å². The molecule has 0 saturated carbocycles. The molecule has 1 aliphatic heterocycles. The molecule has 5 nitrogen and oxygen atoms in total. The molecule has 1 N–H and O–H groups in total. The number of β-amino-alcohol motifs (C(OH)–C–C–N with tert-alkyl or cyclic N) is 1. The average Bonchev–Trinajstić information content (AvgIpc) is 3.00. The molecule has 2 aromatic rings. The fraction of sp³-hybridized carbons (Fsp3) is 0.385. The van der Waals surface area contributed by atoms with Gasteiger partial charge in [-0.2, -0.15) is 4.98 Å². The summed E-state index contributed by atoms with van der Waals surface area (Å²) in [6, 6.07) is 7.40. The van der Waals surface area contributed by atoms with E-state index < -0.39 is 0 Å². The first kappa shape index (κ1) is 12.6. The van der Waals surface area contributed by atoms with Crippen molar-refractivity contribution >= 4 is 11.6 Å². The molecule has 3 rings (SSSR count). The van der Waals surface area contributed by atoms with E-state index in [1.165, 1.54) is 0 Å². The molecule has 0 bridgehead atoms. The van der Waals surface area contributed by atoms with E-state index in [1.807, 2.05) is 18.2 Å². The van der Waals surface area contributed by atoms with E-state index in [0.717, 1.165) is 18.5 Å². The van der Waals surface area contributed by atoms with Gasteiger partial charge in [0.2, 0.25) is 11.7 Å². The van der Waals surface area contributed by atoms with Crippen LogP contribution in [0.1, 0.15) is 12.3 Å². The lowest BCUT2D eigenvalue weighted by Gasteiger charge is -2.10. The van der Waals surface area contributed by atoms with Gasteiger partial charge < -0.3 is 9.63 Å². The van der Waals surface area contributed by atoms with Crippen LogP contribution in [0, 0.1) is 0 Å². The van der Waals surface area contributed by atoms with Crippen molar-refractivity contribution in [2.45, 2.75) is 19.1 Å². The van der Waals surface area contributed by atoms with Crippen LogP contribution in [0.3, 0.4) is 0 Å². The first-order valence-electron chi connectivity index (χ1n) is 6.20. The summed E-state index contributed by atoms with van der Waals surface area (Å²) in [7, 11) is 0. The van der Waals surface area contributed by atoms with E-state index in [9.17, 15) is 5.11 Å². The van der Waals surface area contributed by atoms with Crippen molar-refractivity contribution < 1.29 is 9.63 Å². The SMILES string of the molecule is O[C@H]1CCN(Cc2nc(-c3ccccc3Cl)no2)C1. The van der Waals surface area contributed by atoms with Crippen LogP contribution in [-0.2, 0) is 6.54 Å². The molecule has 0 spiro atoms. The molecule has 2 heterocycles. The lowest BCUT2D eigenvalue weighted by Crippen LogP contribution is -2.21. The standard InChI is InChI=1S/C13H14ClN3O2/c14-11-4-2-1-3-10(11)13-15-12(19-16-13)8-17-6-5-9(18)7-17/h1-4,9,18H,5-8H2/t9-/m0/s1. The molecule has 0 aliphatic carbocycles. The summed E-state index contributed by atoms with van der Waals surface area (Å²) in [6.07, 6.45) is 0.553. The highest BCUT2D eigenvalue weighted by Gasteiger charge is 2.22. The van der Waals surface area contributed by atoms with Gasteiger partial charge >= 0.3 is 0 Å². The Morgan fingerprint density at radius 2 is 2.26 bits per heavy atom. The Morgan fingerprint density at radius 1 is 1.42 bits per heavy atom. The Kier molecular flexibility index (Phi) is 3.50. The largest absolute Gasteiger partial charge is 0.392 e. The lowest BCUT2D eigenvalue weighted by molar-refractivity contribution is 0.169. The number of nitrogens with zero attached hydrogens (tertiary/aromatic N) is 3. The number of aliphatic hydroxyl groups excluding tert-OH is 1. The quantitative estimate of drug-likeness (QED) is 0.930. The van der Waals surface area contributed by atoms with Crippen LogP contribution in [0.25, 0.3) is 11.4 Å². The second-order valence-corrected chi connectivity index (χ2v) is 5.08. The fourth-order valence-electron chi connectivity index (χ4n) is 2.22. The van der Waals surface area contributed by atoms with Crippen molar-refractivity contribution in [1.29, 1.82) is 0 Å². The van der Waals surface area contributed by atoms with Crippen molar-refractivity contribution in [2.24, 2.45) is 0 Å². The van der Waals surface area contributed by atoms with Gasteiger partial charge in [-0.05, 0) is 18.6 Å². The molecule has 100 valence electrons. The molecule has 1 aliphatic rings. The molecular weight excluding hydrogens is 266 g/mol. The number of likely N-dealkylation sites (tertiary alicyclic amines) is 1. The van der Waals surface area contributed by atoms with Gasteiger partial charge in [0.15, 0.2) is 0 Å². The minimum atomic E-state index is -0.244. The van der Waals surface area contributed by atoms with E-state index in [4.69, 9.17) is 16.1 Å². The molecule has 1 saturated heterocycles. The Bertz CT molecular complexity index is 573. The molecule has 6 heteroatoms. The Hall–Kier alpha value is -1.43. The molecule has 0 radical (unpaired) electrons. The predicted molar refractivity (Wildman–Crippen MR) is 70.6 cm³/mol. The van der Waals surface area contributed by atoms with Crippen LogP contribution >= 0.6 is 11.6 Å². The second kappa shape index (κ2) is 5.28. The molecule has 0 unspecified atom stereocenters. The van der Waals surface area contributed by atoms with Crippen molar-refractivity contribution in [1.82, 2.24) is 15.0 Å². The normalized spacial score (nSPS) is 20.0. The van der Waals surface area contributed by atoms with Crippen molar-refractivity contribution in [2.75, 3.05) is 13.1 Å². The fourth-order valence-corrected chi connectivity index (χ4v) is 2.44. The highest BCUT2D eigenvalue weighted by molar-refractivity contribution is 6.33. The minimum Gasteiger partial charge on any atom is -0.392 e. The maximum atomic E-state index is 9.47. The van der Waals surface area contributed by atoms with E-state index in [2.05, 4.69) is 15.0 Å². The average molecular weight is 280 g/mol. The van der Waals surface area contributed by atoms with Gasteiger partial charge in [0.25, 0.3) is 0 Å². The molecule has 0 amide bonds. The molecule has 1 fully saturated rings. The zero-order valence-corrected chi connectivity index (χ0v) is 11.0. The zero-order chi connectivity index (χ0) is 13.2. The maximum absolute atomic E-state index is 9.47. The van der Waals surface area contributed by atoms with Gasteiger partial charge in [-0.3, -0.25) is 4.90 Å². The van der Waals surface area contributed by atoms with Crippen LogP contribution in [0.2, 0.25) is 5.02 Å². The minimum absolute atomic E-state index is 0.244. The number of halogens is 1. The highest BCUT2D eigenvalue weighted by atomic mass is 35.5. The summed E-state index contributed by atoms with van der Waals surface area (Å²) in [5.74, 6) is 1.05. The third-order valence-electron chi connectivity index (χ3n) is 3.19. The smallest absolute Gasteiger partial charge is 0.241 e. The highest BCUT2D eigenvalue weighted by Crippen LogP contribution is 2.25. The third kappa shape index (κ3) is 2.78. The second-order valence-electron chi connectivity index (χ2n) is 4.67. The van der Waals surface area contributed by atoms with Crippen molar-refractivity contribution in [3.05, 3.63) is 35.2 Å². The number of benzene rings is 1. The topological polar surface area (TPSA) is 62.4 Å². The van der Waals surface area contributed by atoms with Crippen LogP contribution < -0.4 is 0 Å². The molecule has 19 heavy (non-hydrogen) atoms. The van der Waals surface area contributed by atoms with Gasteiger partial charge in [-0.1, -0.05) is 28.9 Å². The number of hydrogen-bond acceptors (Lipinski definition) is 5. The van der Waals surface area contributed by atoms with Crippen LogP contribution in [0.5, 0.6) is 0 Å². The summed E-state index contributed by atoms with van der Waals surface area (Å²) < 4.78 is 5.23. The van der Waals surface area contributed by atoms with Gasteiger partial charge in [0.1, 0.15) is 0 Å². The first-order chi connectivity index (χ1) is 9.22. The summed E-state index contributed by atoms with van der Waals surface area (Å²) in [5, 5.41) is 14.0. The van der Waals surface area contributed by atoms with Crippen molar-refractivity contribution in [3.63, 3.8) is 0 Å². The number of aromatic nitrogens is 2. The summed E-state index contributed by atoms with van der Waals surface area (Å²) in [5.41, 5.74) is 0.764. The van der Waals surface area contributed by atoms with Gasteiger partial charge in [-0.15, -0.1) is 0 Å².